The monoisotopic (exact) mass is 360 g/mol. The number of alkyl halides is 2. The number of carbonyl (C=O) groups excluding carboxylic acids is 1. The smallest absolute Gasteiger partial charge is 0.340 e. The minimum absolute atomic E-state index is 0.458. The third-order valence-electron chi connectivity index (χ3n) is 3.02. The van der Waals surface area contributed by atoms with Gasteiger partial charge in [0.15, 0.2) is 0 Å². The third kappa shape index (κ3) is 3.37. The number of ether oxygens (including phenoxy) is 1. The van der Waals surface area contributed by atoms with E-state index in [2.05, 4.69) is 14.7 Å². The van der Waals surface area contributed by atoms with Crippen molar-refractivity contribution in [3.63, 3.8) is 0 Å². The first-order chi connectivity index (χ1) is 11.2. The molecule has 0 aliphatic carbocycles. The summed E-state index contributed by atoms with van der Waals surface area (Å²) in [5, 5.41) is -0.732. The second-order valence-corrected chi connectivity index (χ2v) is 6.60. The Morgan fingerprint density at radius 3 is 2.50 bits per heavy atom. The summed E-state index contributed by atoms with van der Waals surface area (Å²) in [7, 11) is -2.87. The summed E-state index contributed by atoms with van der Waals surface area (Å²) in [6, 6.07) is 3.44. The van der Waals surface area contributed by atoms with Crippen molar-refractivity contribution < 1.29 is 31.1 Å². The number of benzene rings is 1. The molecule has 24 heavy (non-hydrogen) atoms. The van der Waals surface area contributed by atoms with Crippen molar-refractivity contribution >= 4 is 15.8 Å². The molecule has 0 bridgehead atoms. The fourth-order valence-electron chi connectivity index (χ4n) is 1.91. The van der Waals surface area contributed by atoms with Crippen molar-refractivity contribution in [2.24, 2.45) is 0 Å². The molecule has 0 fully saturated rings. The maximum atomic E-state index is 14.5. The molecular formula is C14H11F3N2O4S. The van der Waals surface area contributed by atoms with Crippen LogP contribution in [0, 0.1) is 5.82 Å². The Morgan fingerprint density at radius 2 is 1.96 bits per heavy atom. The number of carbonyl (C=O) groups is 1. The van der Waals surface area contributed by atoms with Crippen LogP contribution in [0.3, 0.4) is 0 Å². The predicted molar refractivity (Wildman–Crippen MR) is 76.8 cm³/mol. The lowest BCUT2D eigenvalue weighted by Gasteiger charge is -2.11. The molecule has 1 aromatic heterocycles. The van der Waals surface area contributed by atoms with Crippen LogP contribution < -0.4 is 0 Å². The van der Waals surface area contributed by atoms with E-state index in [0.717, 1.165) is 25.5 Å². The number of methoxy groups -OCH3 is 1. The number of halogens is 3. The van der Waals surface area contributed by atoms with Crippen molar-refractivity contribution in [3.05, 3.63) is 41.3 Å². The zero-order valence-corrected chi connectivity index (χ0v) is 13.3. The number of rotatable bonds is 4. The highest BCUT2D eigenvalue weighted by atomic mass is 32.2. The van der Waals surface area contributed by atoms with Crippen molar-refractivity contribution in [2.45, 2.75) is 11.6 Å². The third-order valence-corrected chi connectivity index (χ3v) is 3.88. The number of aromatic nitrogens is 2. The van der Waals surface area contributed by atoms with Gasteiger partial charge in [-0.15, -0.1) is 0 Å². The Labute approximate surface area is 135 Å². The summed E-state index contributed by atoms with van der Waals surface area (Å²) in [6.45, 7) is 0. The van der Waals surface area contributed by atoms with Crippen LogP contribution in [0.4, 0.5) is 13.2 Å². The van der Waals surface area contributed by atoms with E-state index in [1.54, 1.807) is 0 Å². The van der Waals surface area contributed by atoms with Gasteiger partial charge < -0.3 is 4.74 Å². The van der Waals surface area contributed by atoms with Crippen LogP contribution in [-0.4, -0.2) is 37.7 Å². The van der Waals surface area contributed by atoms with Crippen LogP contribution >= 0.6 is 0 Å². The van der Waals surface area contributed by atoms with E-state index in [1.165, 1.54) is 6.07 Å². The Kier molecular flexibility index (Phi) is 4.88. The summed E-state index contributed by atoms with van der Waals surface area (Å²) < 4.78 is 68.3. The number of nitrogens with zero attached hydrogens (tertiary/aromatic N) is 2. The maximum absolute atomic E-state index is 14.5. The van der Waals surface area contributed by atoms with Crippen LogP contribution in [0.1, 0.15) is 22.3 Å². The van der Waals surface area contributed by atoms with E-state index in [-0.39, 0.29) is 0 Å². The molecule has 0 N–H and O–H groups in total. The molecule has 2 aromatic rings. The molecular weight excluding hydrogens is 349 g/mol. The Hall–Kier alpha value is -2.49. The van der Waals surface area contributed by atoms with Crippen LogP contribution in [0.25, 0.3) is 11.3 Å². The second kappa shape index (κ2) is 6.56. The predicted octanol–water partition coefficient (Wildman–Crippen LogP) is 2.41. The molecule has 1 heterocycles. The molecule has 0 amide bonds. The quantitative estimate of drug-likeness (QED) is 0.615. The molecule has 0 spiro atoms. The Balaban J connectivity index is 2.78. The summed E-state index contributed by atoms with van der Waals surface area (Å²) in [5.41, 5.74) is -2.32. The number of hydrogen-bond donors (Lipinski definition) is 0. The van der Waals surface area contributed by atoms with Gasteiger partial charge in [-0.2, -0.15) is 0 Å². The molecule has 0 radical (unpaired) electrons. The fourth-order valence-corrected chi connectivity index (χ4v) is 2.41. The van der Waals surface area contributed by atoms with Gasteiger partial charge in [0, 0.05) is 18.0 Å². The molecule has 0 saturated heterocycles. The van der Waals surface area contributed by atoms with Crippen LogP contribution in [-0.2, 0) is 14.6 Å². The average molecular weight is 360 g/mol. The van der Waals surface area contributed by atoms with Gasteiger partial charge in [0.25, 0.3) is 6.43 Å². The highest BCUT2D eigenvalue weighted by Crippen LogP contribution is 2.32. The van der Waals surface area contributed by atoms with E-state index >= 15 is 0 Å². The first-order valence-corrected chi connectivity index (χ1v) is 8.28. The fraction of sp³-hybridized carbons (Fsp3) is 0.214. The van der Waals surface area contributed by atoms with Gasteiger partial charge in [0.1, 0.15) is 5.82 Å². The largest absolute Gasteiger partial charge is 0.465 e. The van der Waals surface area contributed by atoms with Crippen LogP contribution in [0.2, 0.25) is 0 Å². The summed E-state index contributed by atoms with van der Waals surface area (Å²) in [5.74, 6) is -2.16. The van der Waals surface area contributed by atoms with E-state index in [0.29, 0.717) is 6.20 Å². The van der Waals surface area contributed by atoms with Crippen molar-refractivity contribution in [1.82, 2.24) is 9.97 Å². The lowest BCUT2D eigenvalue weighted by molar-refractivity contribution is 0.0595. The van der Waals surface area contributed by atoms with Gasteiger partial charge in [0.05, 0.1) is 23.9 Å². The first-order valence-electron chi connectivity index (χ1n) is 6.39. The second-order valence-electron chi connectivity index (χ2n) is 4.69. The molecule has 0 unspecified atom stereocenters. The Bertz CT molecular complexity index is 901. The highest BCUT2D eigenvalue weighted by Gasteiger charge is 2.25. The van der Waals surface area contributed by atoms with Gasteiger partial charge in [-0.05, 0) is 12.1 Å². The zero-order chi connectivity index (χ0) is 18.1. The van der Waals surface area contributed by atoms with Gasteiger partial charge in [-0.3, -0.25) is 0 Å². The number of sulfone groups is 1. The molecule has 0 atom stereocenters. The standard InChI is InChI=1S/C14H11F3N2O4S/c1-23-13(20)8-5-3-4-7(10(8)15)11-9(12(16)17)6-18-14(19-11)24(2,21)22/h3-6,12H,1-2H3. The molecule has 0 saturated carbocycles. The molecule has 2 rings (SSSR count). The van der Waals surface area contributed by atoms with E-state index in [1.807, 2.05) is 0 Å². The van der Waals surface area contributed by atoms with Crippen molar-refractivity contribution in [2.75, 3.05) is 13.4 Å². The molecule has 1 aromatic carbocycles. The van der Waals surface area contributed by atoms with Gasteiger partial charge in [-0.25, -0.2) is 36.4 Å². The summed E-state index contributed by atoms with van der Waals surface area (Å²) in [4.78, 5) is 18.4. The molecule has 6 nitrogen and oxygen atoms in total. The van der Waals surface area contributed by atoms with E-state index in [9.17, 15) is 26.4 Å². The lowest BCUT2D eigenvalue weighted by Crippen LogP contribution is -2.10. The molecule has 10 heteroatoms. The number of esters is 1. The van der Waals surface area contributed by atoms with E-state index in [4.69, 9.17) is 0 Å². The highest BCUT2D eigenvalue weighted by molar-refractivity contribution is 7.90. The van der Waals surface area contributed by atoms with Crippen LogP contribution in [0.5, 0.6) is 0 Å². The van der Waals surface area contributed by atoms with Gasteiger partial charge >= 0.3 is 5.97 Å². The number of hydrogen-bond acceptors (Lipinski definition) is 6. The normalized spacial score (nSPS) is 11.6. The average Bonchev–Trinajstić information content (AvgIpc) is 2.53. The SMILES string of the molecule is COC(=O)c1cccc(-c2nc(S(C)(=O)=O)ncc2C(F)F)c1F. The maximum Gasteiger partial charge on any atom is 0.340 e. The van der Waals surface area contributed by atoms with Gasteiger partial charge in [-0.1, -0.05) is 6.07 Å². The lowest BCUT2D eigenvalue weighted by atomic mass is 10.0. The summed E-state index contributed by atoms with van der Waals surface area (Å²) in [6.07, 6.45) is -1.67. The van der Waals surface area contributed by atoms with Crippen molar-refractivity contribution in [1.29, 1.82) is 0 Å². The Morgan fingerprint density at radius 1 is 1.29 bits per heavy atom. The summed E-state index contributed by atoms with van der Waals surface area (Å²) >= 11 is 0. The zero-order valence-electron chi connectivity index (χ0n) is 12.5. The van der Waals surface area contributed by atoms with Crippen molar-refractivity contribution in [3.8, 4) is 11.3 Å². The van der Waals surface area contributed by atoms with Gasteiger partial charge in [0.2, 0.25) is 15.0 Å². The van der Waals surface area contributed by atoms with Crippen LogP contribution in [0.15, 0.2) is 29.6 Å². The van der Waals surface area contributed by atoms with E-state index < -0.39 is 55.6 Å². The molecule has 0 aliphatic rings. The molecule has 128 valence electrons. The minimum Gasteiger partial charge on any atom is -0.465 e. The topological polar surface area (TPSA) is 86.2 Å². The molecule has 0 aliphatic heterocycles. The minimum atomic E-state index is -3.90. The first kappa shape index (κ1) is 17.9.